The molecule has 6 nitrogen and oxygen atoms in total. The quantitative estimate of drug-likeness (QED) is 0.461. The first-order valence-electron chi connectivity index (χ1n) is 9.25. The predicted molar refractivity (Wildman–Crippen MR) is 116 cm³/mol. The highest BCUT2D eigenvalue weighted by Gasteiger charge is 2.34. The second kappa shape index (κ2) is 10.5. The molecule has 0 aliphatic carbocycles. The van der Waals surface area contributed by atoms with Crippen molar-refractivity contribution >= 4 is 13.8 Å². The smallest absolute Gasteiger partial charge is 0.481 e. The first-order valence-corrected chi connectivity index (χ1v) is 10.7. The Kier molecular flexibility index (Phi) is 8.07. The lowest BCUT2D eigenvalue weighted by molar-refractivity contribution is -0.134. The molecule has 0 aliphatic rings. The molecule has 3 rings (SSSR count). The normalized spacial score (nSPS) is 10.4. The lowest BCUT2D eigenvalue weighted by atomic mass is 10.2. The molecule has 7 heteroatoms. The van der Waals surface area contributed by atoms with Gasteiger partial charge in [-0.15, -0.1) is 0 Å². The molecule has 0 amide bonds. The van der Waals surface area contributed by atoms with Gasteiger partial charge in [-0.2, -0.15) is 4.57 Å². The minimum atomic E-state index is -3.97. The number of para-hydroxylation sites is 3. The maximum Gasteiger partial charge on any atom is 0.647 e. The Labute approximate surface area is 176 Å². The van der Waals surface area contributed by atoms with E-state index in [0.717, 1.165) is 23.6 Å². The van der Waals surface area contributed by atoms with Crippen molar-refractivity contribution in [2.24, 2.45) is 0 Å². The number of benzene rings is 3. The lowest BCUT2D eigenvalue weighted by Crippen LogP contribution is -2.09. The van der Waals surface area contributed by atoms with Gasteiger partial charge in [-0.3, -0.25) is 4.79 Å². The molecule has 0 saturated carbocycles. The summed E-state index contributed by atoms with van der Waals surface area (Å²) in [5, 5.41) is 7.42. The largest absolute Gasteiger partial charge is 0.647 e. The number of carboxylic acid groups (broad SMARTS) is 1. The Balaban J connectivity index is 0.000000735. The average molecular weight is 428 g/mol. The van der Waals surface area contributed by atoms with E-state index in [1.54, 1.807) is 18.2 Å². The summed E-state index contributed by atoms with van der Waals surface area (Å²) in [4.78, 5) is 9.00. The second-order valence-corrected chi connectivity index (χ2v) is 7.98. The van der Waals surface area contributed by atoms with Crippen molar-refractivity contribution in [1.82, 2.24) is 0 Å². The number of hydrogen-bond donors (Lipinski definition) is 1. The molecule has 0 radical (unpaired) electrons. The van der Waals surface area contributed by atoms with Crippen molar-refractivity contribution in [2.75, 3.05) is 0 Å². The summed E-state index contributed by atoms with van der Waals surface area (Å²) in [6, 6.07) is 22.0. The molecular weight excluding hydrogens is 403 g/mol. The summed E-state index contributed by atoms with van der Waals surface area (Å²) in [6.45, 7) is 6.71. The molecule has 3 aromatic rings. The van der Waals surface area contributed by atoms with E-state index >= 15 is 0 Å². The van der Waals surface area contributed by atoms with E-state index in [9.17, 15) is 4.57 Å². The Morgan fingerprint density at radius 3 is 1.13 bits per heavy atom. The first kappa shape index (κ1) is 23.0. The molecule has 3 aromatic carbocycles. The van der Waals surface area contributed by atoms with Gasteiger partial charge in [0, 0.05) is 6.92 Å². The second-order valence-electron chi connectivity index (χ2n) is 6.54. The number of rotatable bonds is 6. The highest BCUT2D eigenvalue weighted by Crippen LogP contribution is 2.51. The molecule has 30 heavy (non-hydrogen) atoms. The number of carboxylic acids is 1. The predicted octanol–water partition coefficient (Wildman–Crippen LogP) is 6.35. The van der Waals surface area contributed by atoms with Gasteiger partial charge in [-0.25, -0.2) is 0 Å². The number of hydrogen-bond acceptors (Lipinski definition) is 5. The monoisotopic (exact) mass is 428 g/mol. The molecule has 0 bridgehead atoms. The number of phosphoric ester groups is 1. The topological polar surface area (TPSA) is 82.1 Å². The Morgan fingerprint density at radius 1 is 0.667 bits per heavy atom. The maximum absolute atomic E-state index is 13.5. The van der Waals surface area contributed by atoms with Gasteiger partial charge in [0.1, 0.15) is 17.2 Å². The summed E-state index contributed by atoms with van der Waals surface area (Å²) in [7, 11) is -3.97. The number of phosphoric acid groups is 1. The van der Waals surface area contributed by atoms with E-state index < -0.39 is 13.8 Å². The zero-order valence-corrected chi connectivity index (χ0v) is 18.3. The first-order chi connectivity index (χ1) is 14.2. The summed E-state index contributed by atoms with van der Waals surface area (Å²) in [5.74, 6) is 0.536. The van der Waals surface area contributed by atoms with Crippen LogP contribution >= 0.6 is 7.82 Å². The van der Waals surface area contributed by atoms with Crippen molar-refractivity contribution in [1.29, 1.82) is 0 Å². The SMILES string of the molecule is CC(=O)O.Cc1ccccc1OP(=O)(Oc1ccccc1C)Oc1ccccc1C. The van der Waals surface area contributed by atoms with Crippen LogP contribution in [0.5, 0.6) is 17.2 Å². The van der Waals surface area contributed by atoms with Gasteiger partial charge in [0.15, 0.2) is 0 Å². The van der Waals surface area contributed by atoms with Gasteiger partial charge in [0.2, 0.25) is 0 Å². The fourth-order valence-corrected chi connectivity index (χ4v) is 3.84. The Bertz CT molecular complexity index is 921. The fraction of sp³-hybridized carbons (Fsp3) is 0.174. The average Bonchev–Trinajstić information content (AvgIpc) is 2.67. The van der Waals surface area contributed by atoms with Gasteiger partial charge >= 0.3 is 7.82 Å². The van der Waals surface area contributed by atoms with E-state index in [-0.39, 0.29) is 0 Å². The molecule has 0 aliphatic heterocycles. The van der Waals surface area contributed by atoms with Crippen LogP contribution in [0, 0.1) is 20.8 Å². The van der Waals surface area contributed by atoms with Crippen molar-refractivity contribution in [3.63, 3.8) is 0 Å². The number of carbonyl (C=O) groups is 1. The highest BCUT2D eigenvalue weighted by molar-refractivity contribution is 7.49. The maximum atomic E-state index is 13.5. The molecule has 0 saturated heterocycles. The van der Waals surface area contributed by atoms with Gasteiger partial charge in [0.05, 0.1) is 0 Å². The minimum Gasteiger partial charge on any atom is -0.481 e. The van der Waals surface area contributed by atoms with Gasteiger partial charge in [-0.1, -0.05) is 54.6 Å². The van der Waals surface area contributed by atoms with E-state index in [4.69, 9.17) is 23.5 Å². The molecule has 0 unspecified atom stereocenters. The van der Waals surface area contributed by atoms with Gasteiger partial charge < -0.3 is 18.7 Å². The van der Waals surface area contributed by atoms with Crippen molar-refractivity contribution in [2.45, 2.75) is 27.7 Å². The van der Waals surface area contributed by atoms with Crippen molar-refractivity contribution in [3.8, 4) is 17.2 Å². The van der Waals surface area contributed by atoms with Crippen molar-refractivity contribution in [3.05, 3.63) is 89.5 Å². The van der Waals surface area contributed by atoms with Gasteiger partial charge in [0.25, 0.3) is 5.97 Å². The zero-order valence-electron chi connectivity index (χ0n) is 17.4. The van der Waals surface area contributed by atoms with Crippen LogP contribution < -0.4 is 13.6 Å². The number of aryl methyl sites for hydroxylation is 3. The third kappa shape index (κ3) is 6.98. The summed E-state index contributed by atoms with van der Waals surface area (Å²) >= 11 is 0. The molecule has 158 valence electrons. The molecular formula is C23H25O6P. The standard InChI is InChI=1S/C21H21O4P.C2H4O2/c1-16-10-4-7-13-19(16)23-26(22,24-20-14-8-5-11-17(20)2)25-21-15-9-6-12-18(21)3;1-2(3)4/h4-15H,1-3H3;1H3,(H,3,4). The lowest BCUT2D eigenvalue weighted by Gasteiger charge is -2.21. The number of aliphatic carboxylic acids is 1. The molecule has 0 heterocycles. The third-order valence-electron chi connectivity index (χ3n) is 3.91. The van der Waals surface area contributed by atoms with E-state index in [1.165, 1.54) is 0 Å². The third-order valence-corrected chi connectivity index (χ3v) is 5.17. The van der Waals surface area contributed by atoms with Crippen LogP contribution in [0.3, 0.4) is 0 Å². The van der Waals surface area contributed by atoms with E-state index in [2.05, 4.69) is 0 Å². The minimum absolute atomic E-state index is 0.456. The molecule has 0 aromatic heterocycles. The Hall–Kier alpha value is -3.24. The summed E-state index contributed by atoms with van der Waals surface area (Å²) in [5.41, 5.74) is 2.53. The van der Waals surface area contributed by atoms with Crippen LogP contribution in [0.15, 0.2) is 72.8 Å². The van der Waals surface area contributed by atoms with Crippen LogP contribution in [0.25, 0.3) is 0 Å². The van der Waals surface area contributed by atoms with Crippen LogP contribution in [0.1, 0.15) is 23.6 Å². The van der Waals surface area contributed by atoms with Crippen molar-refractivity contribution < 1.29 is 28.0 Å². The van der Waals surface area contributed by atoms with E-state index in [0.29, 0.717) is 17.2 Å². The van der Waals surface area contributed by atoms with Gasteiger partial charge in [-0.05, 0) is 55.7 Å². The van der Waals surface area contributed by atoms with Crippen LogP contribution in [-0.2, 0) is 9.36 Å². The summed E-state index contributed by atoms with van der Waals surface area (Å²) < 4.78 is 30.8. The highest BCUT2D eigenvalue weighted by atomic mass is 31.2. The Morgan fingerprint density at radius 2 is 0.900 bits per heavy atom. The summed E-state index contributed by atoms with van der Waals surface area (Å²) in [6.07, 6.45) is 0. The molecule has 0 fully saturated rings. The van der Waals surface area contributed by atoms with Crippen LogP contribution in [0.4, 0.5) is 0 Å². The van der Waals surface area contributed by atoms with Crippen LogP contribution in [-0.4, -0.2) is 11.1 Å². The zero-order chi connectivity index (χ0) is 22.1. The molecule has 1 N–H and O–H groups in total. The molecule has 0 atom stereocenters. The fourth-order valence-electron chi connectivity index (χ4n) is 2.39. The van der Waals surface area contributed by atoms with Crippen LogP contribution in [0.2, 0.25) is 0 Å². The van der Waals surface area contributed by atoms with E-state index in [1.807, 2.05) is 75.4 Å². The molecule has 0 spiro atoms.